The number of nitrogens with zero attached hydrogens (tertiary/aromatic N) is 1. The van der Waals surface area contributed by atoms with E-state index in [2.05, 4.69) is 10.3 Å². The summed E-state index contributed by atoms with van der Waals surface area (Å²) in [7, 11) is 1.66. The number of benzene rings is 1. The molecule has 0 amide bonds. The highest BCUT2D eigenvalue weighted by Crippen LogP contribution is 2.38. The Morgan fingerprint density at radius 1 is 1.10 bits per heavy atom. The number of rotatable bonds is 4. The van der Waals surface area contributed by atoms with Crippen LogP contribution in [0, 0.1) is 0 Å². The van der Waals surface area contributed by atoms with Gasteiger partial charge in [0.25, 0.3) is 0 Å². The standard InChI is InChI=1S/C16H17F3N2/c1-11(12-6-4-3-5-7-12)15(20-2)13-10-21-9-8-14(13)16(17,18)19/h3-11,15,20H,1-2H3. The zero-order chi connectivity index (χ0) is 15.5. The minimum Gasteiger partial charge on any atom is -0.312 e. The van der Waals surface area contributed by atoms with E-state index in [1.807, 2.05) is 37.3 Å². The topological polar surface area (TPSA) is 24.9 Å². The molecule has 5 heteroatoms. The number of nitrogens with one attached hydrogen (secondary N) is 1. The number of halogens is 3. The number of hydrogen-bond acceptors (Lipinski definition) is 2. The van der Waals surface area contributed by atoms with E-state index in [1.165, 1.54) is 12.4 Å². The molecule has 2 atom stereocenters. The minimum atomic E-state index is -4.39. The first-order chi connectivity index (χ1) is 9.95. The van der Waals surface area contributed by atoms with E-state index < -0.39 is 17.8 Å². The smallest absolute Gasteiger partial charge is 0.312 e. The molecule has 112 valence electrons. The molecule has 2 rings (SSSR count). The fourth-order valence-electron chi connectivity index (χ4n) is 2.54. The quantitative estimate of drug-likeness (QED) is 0.915. The van der Waals surface area contributed by atoms with Gasteiger partial charge in [-0.05, 0) is 18.7 Å². The predicted octanol–water partition coefficient (Wildman–Crippen LogP) is 4.16. The van der Waals surface area contributed by atoms with Crippen molar-refractivity contribution in [3.8, 4) is 0 Å². The lowest BCUT2D eigenvalue weighted by molar-refractivity contribution is -0.138. The van der Waals surface area contributed by atoms with Crippen molar-refractivity contribution in [3.05, 3.63) is 65.5 Å². The molecule has 0 bridgehead atoms. The van der Waals surface area contributed by atoms with Crippen LogP contribution in [0.25, 0.3) is 0 Å². The number of alkyl halides is 3. The molecular weight excluding hydrogens is 277 g/mol. The average molecular weight is 294 g/mol. The van der Waals surface area contributed by atoms with Gasteiger partial charge < -0.3 is 5.32 Å². The Bertz CT molecular complexity index is 582. The molecule has 0 spiro atoms. The van der Waals surface area contributed by atoms with Crippen molar-refractivity contribution >= 4 is 0 Å². The second kappa shape index (κ2) is 6.26. The Balaban J connectivity index is 2.43. The summed E-state index contributed by atoms with van der Waals surface area (Å²) in [5, 5.41) is 2.99. The third kappa shape index (κ3) is 3.42. The number of aromatic nitrogens is 1. The highest BCUT2D eigenvalue weighted by Gasteiger charge is 2.36. The third-order valence-electron chi connectivity index (χ3n) is 3.63. The molecule has 1 N–H and O–H groups in total. The molecule has 0 aliphatic carbocycles. The van der Waals surface area contributed by atoms with Crippen molar-refractivity contribution in [3.63, 3.8) is 0 Å². The number of hydrogen-bond donors (Lipinski definition) is 1. The van der Waals surface area contributed by atoms with E-state index >= 15 is 0 Å². The zero-order valence-electron chi connectivity index (χ0n) is 11.9. The van der Waals surface area contributed by atoms with Crippen LogP contribution in [0.15, 0.2) is 48.8 Å². The maximum absolute atomic E-state index is 13.2. The molecule has 1 aromatic heterocycles. The largest absolute Gasteiger partial charge is 0.416 e. The Labute approximate surface area is 122 Å². The van der Waals surface area contributed by atoms with Crippen molar-refractivity contribution in [1.29, 1.82) is 0 Å². The Kier molecular flexibility index (Phi) is 4.63. The Hall–Kier alpha value is -1.88. The lowest BCUT2D eigenvalue weighted by Gasteiger charge is -2.26. The summed E-state index contributed by atoms with van der Waals surface area (Å²) in [6, 6.07) is 10.0. The molecule has 2 nitrogen and oxygen atoms in total. The Morgan fingerprint density at radius 3 is 2.33 bits per heavy atom. The van der Waals surface area contributed by atoms with E-state index in [0.29, 0.717) is 0 Å². The first-order valence-corrected chi connectivity index (χ1v) is 6.68. The van der Waals surface area contributed by atoms with Gasteiger partial charge in [0, 0.05) is 29.9 Å². The molecule has 0 aliphatic rings. The van der Waals surface area contributed by atoms with Crippen molar-refractivity contribution in [1.82, 2.24) is 10.3 Å². The van der Waals surface area contributed by atoms with E-state index in [0.717, 1.165) is 11.6 Å². The fraction of sp³-hybridized carbons (Fsp3) is 0.312. The Morgan fingerprint density at radius 2 is 1.76 bits per heavy atom. The summed E-state index contributed by atoms with van der Waals surface area (Å²) >= 11 is 0. The summed E-state index contributed by atoms with van der Waals surface area (Å²) in [4.78, 5) is 3.86. The maximum Gasteiger partial charge on any atom is 0.416 e. The lowest BCUT2D eigenvalue weighted by Crippen LogP contribution is -2.25. The summed E-state index contributed by atoms with van der Waals surface area (Å²) < 4.78 is 39.5. The van der Waals surface area contributed by atoms with Crippen molar-refractivity contribution < 1.29 is 13.2 Å². The van der Waals surface area contributed by atoms with Crippen LogP contribution in [0.5, 0.6) is 0 Å². The maximum atomic E-state index is 13.2. The molecular formula is C16H17F3N2. The molecule has 21 heavy (non-hydrogen) atoms. The lowest BCUT2D eigenvalue weighted by atomic mass is 9.87. The number of pyridine rings is 1. The van der Waals surface area contributed by atoms with Gasteiger partial charge in [-0.2, -0.15) is 13.2 Å². The highest BCUT2D eigenvalue weighted by atomic mass is 19.4. The van der Waals surface area contributed by atoms with Crippen LogP contribution in [0.2, 0.25) is 0 Å². The molecule has 0 aliphatic heterocycles. The summed E-state index contributed by atoms with van der Waals surface area (Å²) in [5.74, 6) is -0.110. The second-order valence-corrected chi connectivity index (χ2v) is 4.93. The second-order valence-electron chi connectivity index (χ2n) is 4.93. The van der Waals surface area contributed by atoms with Gasteiger partial charge in [0.15, 0.2) is 0 Å². The fourth-order valence-corrected chi connectivity index (χ4v) is 2.54. The molecule has 0 fully saturated rings. The van der Waals surface area contributed by atoms with Crippen molar-refractivity contribution in [2.75, 3.05) is 7.05 Å². The van der Waals surface area contributed by atoms with E-state index in [1.54, 1.807) is 7.05 Å². The molecule has 0 radical (unpaired) electrons. The van der Waals surface area contributed by atoms with Crippen LogP contribution < -0.4 is 5.32 Å². The molecule has 1 heterocycles. The molecule has 0 saturated carbocycles. The van der Waals surface area contributed by atoms with Crippen LogP contribution >= 0.6 is 0 Å². The zero-order valence-corrected chi connectivity index (χ0v) is 11.9. The van der Waals surface area contributed by atoms with E-state index in [9.17, 15) is 13.2 Å². The average Bonchev–Trinajstić information content (AvgIpc) is 2.48. The van der Waals surface area contributed by atoms with Crippen LogP contribution in [-0.2, 0) is 6.18 Å². The molecule has 0 saturated heterocycles. The summed E-state index contributed by atoms with van der Waals surface area (Å²) in [6.07, 6.45) is -1.92. The van der Waals surface area contributed by atoms with E-state index in [4.69, 9.17) is 0 Å². The predicted molar refractivity (Wildman–Crippen MR) is 75.9 cm³/mol. The van der Waals surface area contributed by atoms with Gasteiger partial charge in [0.2, 0.25) is 0 Å². The van der Waals surface area contributed by atoms with Gasteiger partial charge in [-0.25, -0.2) is 0 Å². The molecule has 1 aromatic carbocycles. The normalized spacial score (nSPS) is 14.7. The van der Waals surface area contributed by atoms with Gasteiger partial charge in [-0.15, -0.1) is 0 Å². The van der Waals surface area contributed by atoms with E-state index in [-0.39, 0.29) is 11.5 Å². The van der Waals surface area contributed by atoms with Crippen LogP contribution in [0.4, 0.5) is 13.2 Å². The van der Waals surface area contributed by atoms with Gasteiger partial charge >= 0.3 is 6.18 Å². The first kappa shape index (κ1) is 15.5. The summed E-state index contributed by atoms with van der Waals surface area (Å²) in [5.41, 5.74) is 0.511. The van der Waals surface area contributed by atoms with Crippen LogP contribution in [-0.4, -0.2) is 12.0 Å². The van der Waals surface area contributed by atoms with Crippen LogP contribution in [0.3, 0.4) is 0 Å². The van der Waals surface area contributed by atoms with Crippen LogP contribution in [0.1, 0.15) is 35.6 Å². The van der Waals surface area contributed by atoms with Gasteiger partial charge in [-0.3, -0.25) is 4.98 Å². The molecule has 2 aromatic rings. The minimum absolute atomic E-state index is 0.110. The van der Waals surface area contributed by atoms with Gasteiger partial charge in [0.1, 0.15) is 0 Å². The molecule has 2 unspecified atom stereocenters. The number of likely N-dealkylation sites (N-methyl/N-ethyl adjacent to an activating group) is 1. The van der Waals surface area contributed by atoms with Crippen molar-refractivity contribution in [2.45, 2.75) is 25.1 Å². The van der Waals surface area contributed by atoms with Gasteiger partial charge in [-0.1, -0.05) is 37.3 Å². The first-order valence-electron chi connectivity index (χ1n) is 6.68. The third-order valence-corrected chi connectivity index (χ3v) is 3.63. The van der Waals surface area contributed by atoms with Gasteiger partial charge in [0.05, 0.1) is 5.56 Å². The van der Waals surface area contributed by atoms with Crippen molar-refractivity contribution in [2.24, 2.45) is 0 Å². The SMILES string of the molecule is CNC(c1cnccc1C(F)(F)F)C(C)c1ccccc1. The summed E-state index contributed by atoms with van der Waals surface area (Å²) in [6.45, 7) is 1.91. The monoisotopic (exact) mass is 294 g/mol. The highest BCUT2D eigenvalue weighted by molar-refractivity contribution is 5.33.